The standard InChI is InChI=1S/C18H17Cl2FN2O/c1-18(2,11-4-6-13(19)14(20)8-11)10-24-17-22-15-7-5-12(21)9-16(15)23(17)3/h4-9H,10H2,1-3H3. The molecule has 0 bridgehead atoms. The lowest BCUT2D eigenvalue weighted by Gasteiger charge is -2.25. The molecule has 3 aromatic rings. The van der Waals surface area contributed by atoms with Crippen LogP contribution >= 0.6 is 23.2 Å². The summed E-state index contributed by atoms with van der Waals surface area (Å²) in [6.45, 7) is 4.49. The van der Waals surface area contributed by atoms with Crippen molar-refractivity contribution in [1.29, 1.82) is 0 Å². The molecule has 1 heterocycles. The van der Waals surface area contributed by atoms with Crippen LogP contribution in [0.3, 0.4) is 0 Å². The number of fused-ring (bicyclic) bond motifs is 1. The van der Waals surface area contributed by atoms with Crippen LogP contribution in [0.2, 0.25) is 10.0 Å². The highest BCUT2D eigenvalue weighted by Crippen LogP contribution is 2.31. The fraction of sp³-hybridized carbons (Fsp3) is 0.278. The first-order valence-electron chi connectivity index (χ1n) is 7.48. The van der Waals surface area contributed by atoms with Crippen molar-refractivity contribution in [1.82, 2.24) is 9.55 Å². The molecule has 6 heteroatoms. The van der Waals surface area contributed by atoms with E-state index in [1.807, 2.05) is 12.1 Å². The second-order valence-electron chi connectivity index (χ2n) is 6.39. The maximum absolute atomic E-state index is 13.4. The fourth-order valence-corrected chi connectivity index (χ4v) is 2.81. The van der Waals surface area contributed by atoms with Gasteiger partial charge < -0.3 is 4.74 Å². The lowest BCUT2D eigenvalue weighted by Crippen LogP contribution is -2.27. The first-order chi connectivity index (χ1) is 11.3. The smallest absolute Gasteiger partial charge is 0.297 e. The van der Waals surface area contributed by atoms with Gasteiger partial charge in [0.15, 0.2) is 0 Å². The van der Waals surface area contributed by atoms with Crippen LogP contribution in [0, 0.1) is 5.82 Å². The molecule has 1 aromatic heterocycles. The lowest BCUT2D eigenvalue weighted by molar-refractivity contribution is 0.219. The first-order valence-corrected chi connectivity index (χ1v) is 8.24. The molecule has 0 saturated carbocycles. The lowest BCUT2D eigenvalue weighted by atomic mass is 9.86. The van der Waals surface area contributed by atoms with Crippen molar-refractivity contribution in [2.45, 2.75) is 19.3 Å². The summed E-state index contributed by atoms with van der Waals surface area (Å²) in [5.41, 5.74) is 2.11. The number of imidazole rings is 1. The van der Waals surface area contributed by atoms with Gasteiger partial charge in [0.05, 0.1) is 21.1 Å². The van der Waals surface area contributed by atoms with Gasteiger partial charge in [0.2, 0.25) is 0 Å². The number of hydrogen-bond acceptors (Lipinski definition) is 2. The Morgan fingerprint density at radius 3 is 2.58 bits per heavy atom. The van der Waals surface area contributed by atoms with Crippen LogP contribution in [0.1, 0.15) is 19.4 Å². The van der Waals surface area contributed by atoms with E-state index in [1.54, 1.807) is 23.7 Å². The van der Waals surface area contributed by atoms with Crippen molar-refractivity contribution in [3.8, 4) is 6.01 Å². The molecule has 0 saturated heterocycles. The highest BCUT2D eigenvalue weighted by atomic mass is 35.5. The van der Waals surface area contributed by atoms with Gasteiger partial charge in [0, 0.05) is 12.5 Å². The predicted octanol–water partition coefficient (Wildman–Crippen LogP) is 5.38. The first kappa shape index (κ1) is 17.1. The fourth-order valence-electron chi connectivity index (χ4n) is 2.52. The van der Waals surface area contributed by atoms with Gasteiger partial charge in [0.25, 0.3) is 6.01 Å². The van der Waals surface area contributed by atoms with E-state index in [4.69, 9.17) is 27.9 Å². The molecule has 126 valence electrons. The van der Waals surface area contributed by atoms with Gasteiger partial charge >= 0.3 is 0 Å². The summed E-state index contributed by atoms with van der Waals surface area (Å²) in [5, 5.41) is 1.04. The molecule has 0 amide bonds. The number of hydrogen-bond donors (Lipinski definition) is 0. The van der Waals surface area contributed by atoms with Crippen molar-refractivity contribution < 1.29 is 9.13 Å². The molecule has 0 aliphatic heterocycles. The van der Waals surface area contributed by atoms with Gasteiger partial charge in [-0.2, -0.15) is 4.98 Å². The molecule has 2 aromatic carbocycles. The third-order valence-corrected chi connectivity index (χ3v) is 4.80. The number of rotatable bonds is 4. The van der Waals surface area contributed by atoms with Gasteiger partial charge in [0.1, 0.15) is 12.4 Å². The molecule has 0 fully saturated rings. The zero-order valence-electron chi connectivity index (χ0n) is 13.6. The van der Waals surface area contributed by atoms with Gasteiger partial charge in [-0.15, -0.1) is 0 Å². The van der Waals surface area contributed by atoms with Gasteiger partial charge in [-0.25, -0.2) is 4.39 Å². The van der Waals surface area contributed by atoms with E-state index in [-0.39, 0.29) is 11.2 Å². The zero-order chi connectivity index (χ0) is 17.5. The highest BCUT2D eigenvalue weighted by molar-refractivity contribution is 6.42. The molecule has 0 aliphatic rings. The topological polar surface area (TPSA) is 27.1 Å². The molecule has 3 nitrogen and oxygen atoms in total. The molecule has 0 spiro atoms. The van der Waals surface area contributed by atoms with Crippen LogP contribution in [0.25, 0.3) is 11.0 Å². The van der Waals surface area contributed by atoms with E-state index in [0.717, 1.165) is 5.56 Å². The van der Waals surface area contributed by atoms with Gasteiger partial charge in [-0.1, -0.05) is 43.1 Å². The summed E-state index contributed by atoms with van der Waals surface area (Å²) in [6, 6.07) is 10.5. The summed E-state index contributed by atoms with van der Waals surface area (Å²) in [6.07, 6.45) is 0. The van der Waals surface area contributed by atoms with Crippen LogP contribution in [-0.4, -0.2) is 16.2 Å². The number of aryl methyl sites for hydroxylation is 1. The van der Waals surface area contributed by atoms with E-state index in [2.05, 4.69) is 18.8 Å². The molecular weight excluding hydrogens is 350 g/mol. The third-order valence-electron chi connectivity index (χ3n) is 4.07. The van der Waals surface area contributed by atoms with Crippen LogP contribution in [0.15, 0.2) is 36.4 Å². The summed E-state index contributed by atoms with van der Waals surface area (Å²) < 4.78 is 21.0. The normalized spacial score (nSPS) is 11.9. The number of nitrogens with zero attached hydrogens (tertiary/aromatic N) is 2. The van der Waals surface area contributed by atoms with Crippen LogP contribution in [-0.2, 0) is 12.5 Å². The molecule has 0 aliphatic carbocycles. The summed E-state index contributed by atoms with van der Waals surface area (Å²) in [5.74, 6) is -0.298. The summed E-state index contributed by atoms with van der Waals surface area (Å²) >= 11 is 12.1. The van der Waals surface area contributed by atoms with Crippen LogP contribution in [0.5, 0.6) is 6.01 Å². The predicted molar refractivity (Wildman–Crippen MR) is 95.7 cm³/mol. The monoisotopic (exact) mass is 366 g/mol. The van der Waals surface area contributed by atoms with E-state index < -0.39 is 0 Å². The van der Waals surface area contributed by atoms with Crippen LogP contribution in [0.4, 0.5) is 4.39 Å². The van der Waals surface area contributed by atoms with E-state index in [9.17, 15) is 4.39 Å². The highest BCUT2D eigenvalue weighted by Gasteiger charge is 2.24. The average Bonchev–Trinajstić information content (AvgIpc) is 2.84. The number of benzene rings is 2. The minimum atomic E-state index is -0.298. The Bertz CT molecular complexity index is 905. The Balaban J connectivity index is 1.84. The quantitative estimate of drug-likeness (QED) is 0.619. The number of halogens is 3. The van der Waals surface area contributed by atoms with Gasteiger partial charge in [-0.05, 0) is 35.9 Å². The summed E-state index contributed by atoms with van der Waals surface area (Å²) in [4.78, 5) is 4.41. The Morgan fingerprint density at radius 2 is 1.88 bits per heavy atom. The Hall–Kier alpha value is -1.78. The van der Waals surface area contributed by atoms with Crippen molar-refractivity contribution in [3.05, 3.63) is 57.8 Å². The zero-order valence-corrected chi connectivity index (χ0v) is 15.1. The minimum absolute atomic E-state index is 0.294. The molecule has 0 unspecified atom stereocenters. The van der Waals surface area contributed by atoms with E-state index >= 15 is 0 Å². The Morgan fingerprint density at radius 1 is 1.12 bits per heavy atom. The molecular formula is C18H17Cl2FN2O. The molecule has 3 rings (SSSR count). The average molecular weight is 367 g/mol. The molecule has 0 atom stereocenters. The minimum Gasteiger partial charge on any atom is -0.464 e. The van der Waals surface area contributed by atoms with Crippen LogP contribution < -0.4 is 4.74 Å². The maximum atomic E-state index is 13.4. The van der Waals surface area contributed by atoms with Gasteiger partial charge in [-0.3, -0.25) is 4.57 Å². The largest absolute Gasteiger partial charge is 0.464 e. The SMILES string of the molecule is Cn1c(OCC(C)(C)c2ccc(Cl)c(Cl)c2)nc2ccc(F)cc21. The van der Waals surface area contributed by atoms with Crippen molar-refractivity contribution in [2.75, 3.05) is 6.61 Å². The van der Waals surface area contributed by atoms with Crippen molar-refractivity contribution in [2.24, 2.45) is 7.05 Å². The second kappa shape index (κ2) is 6.26. The second-order valence-corrected chi connectivity index (χ2v) is 7.20. The molecule has 0 radical (unpaired) electrons. The van der Waals surface area contributed by atoms with Crippen molar-refractivity contribution in [3.63, 3.8) is 0 Å². The number of ether oxygens (including phenoxy) is 1. The Labute approximate surface area is 150 Å². The van der Waals surface area contributed by atoms with Crippen molar-refractivity contribution >= 4 is 34.2 Å². The van der Waals surface area contributed by atoms with E-state index in [1.165, 1.54) is 12.1 Å². The third kappa shape index (κ3) is 3.21. The summed E-state index contributed by atoms with van der Waals surface area (Å²) in [7, 11) is 1.80. The molecule has 0 N–H and O–H groups in total. The van der Waals surface area contributed by atoms with E-state index in [0.29, 0.717) is 33.7 Å². The molecule has 24 heavy (non-hydrogen) atoms. The number of aromatic nitrogens is 2. The maximum Gasteiger partial charge on any atom is 0.297 e. The Kier molecular flexibility index (Phi) is 4.45.